The monoisotopic (exact) mass is 328 g/mol. The van der Waals surface area contributed by atoms with Gasteiger partial charge in [-0.25, -0.2) is 0 Å². The van der Waals surface area contributed by atoms with Crippen LogP contribution in [0, 0.1) is 0 Å². The number of rotatable bonds is 4. The van der Waals surface area contributed by atoms with Crippen molar-refractivity contribution < 1.29 is 9.59 Å². The summed E-state index contributed by atoms with van der Waals surface area (Å²) in [4.78, 5) is 26.3. The van der Waals surface area contributed by atoms with Crippen LogP contribution in [0.3, 0.4) is 0 Å². The fraction of sp³-hybridized carbons (Fsp3) is 0.222. The van der Waals surface area contributed by atoms with Crippen LogP contribution < -0.4 is 10.2 Å². The number of carbonyl (C=O) groups is 2. The molecule has 0 bridgehead atoms. The first-order valence-electron chi connectivity index (χ1n) is 7.54. The van der Waals surface area contributed by atoms with Gasteiger partial charge in [0.05, 0.1) is 6.42 Å². The molecule has 3 rings (SSSR count). The summed E-state index contributed by atoms with van der Waals surface area (Å²) in [6, 6.07) is 16.2. The minimum Gasteiger partial charge on any atom is -0.344 e. The van der Waals surface area contributed by atoms with Crippen molar-refractivity contribution in [3.05, 3.63) is 65.2 Å². The lowest BCUT2D eigenvalue weighted by Crippen LogP contribution is -2.42. The Morgan fingerprint density at radius 3 is 2.52 bits per heavy atom. The molecule has 2 aromatic rings. The SMILES string of the molecule is O=C(Cc1ccc(Cl)cc1)NC1CCN(c2ccccc2)C1=O. The van der Waals surface area contributed by atoms with E-state index < -0.39 is 6.04 Å². The first-order chi connectivity index (χ1) is 11.1. The van der Waals surface area contributed by atoms with Crippen LogP contribution in [-0.2, 0) is 16.0 Å². The van der Waals surface area contributed by atoms with Gasteiger partial charge in [-0.05, 0) is 36.2 Å². The minimum absolute atomic E-state index is 0.0549. The standard InChI is InChI=1S/C18H17ClN2O2/c19-14-8-6-13(7-9-14)12-17(22)20-16-10-11-21(18(16)23)15-4-2-1-3-5-15/h1-9,16H,10-12H2,(H,20,22). The Bertz CT molecular complexity index is 701. The van der Waals surface area contributed by atoms with Crippen LogP contribution in [-0.4, -0.2) is 24.4 Å². The van der Waals surface area contributed by atoms with E-state index in [0.29, 0.717) is 18.0 Å². The van der Waals surface area contributed by atoms with Gasteiger partial charge in [0.25, 0.3) is 0 Å². The van der Waals surface area contributed by atoms with Crippen LogP contribution in [0.15, 0.2) is 54.6 Å². The van der Waals surface area contributed by atoms with E-state index >= 15 is 0 Å². The maximum absolute atomic E-state index is 12.4. The number of amides is 2. The van der Waals surface area contributed by atoms with Gasteiger partial charge in [0, 0.05) is 17.3 Å². The molecule has 118 valence electrons. The van der Waals surface area contributed by atoms with Crippen LogP contribution in [0.5, 0.6) is 0 Å². The second-order valence-corrected chi connectivity index (χ2v) is 5.97. The lowest BCUT2D eigenvalue weighted by molar-refractivity contribution is -0.126. The number of para-hydroxylation sites is 1. The van der Waals surface area contributed by atoms with Gasteiger partial charge in [-0.1, -0.05) is 41.9 Å². The molecule has 0 spiro atoms. The molecule has 5 heteroatoms. The van der Waals surface area contributed by atoms with Gasteiger partial charge in [0.15, 0.2) is 0 Å². The molecule has 1 N–H and O–H groups in total. The van der Waals surface area contributed by atoms with Crippen molar-refractivity contribution >= 4 is 29.1 Å². The predicted molar refractivity (Wildman–Crippen MR) is 90.5 cm³/mol. The zero-order valence-corrected chi connectivity index (χ0v) is 13.3. The average molecular weight is 329 g/mol. The number of hydrogen-bond acceptors (Lipinski definition) is 2. The Morgan fingerprint density at radius 2 is 1.83 bits per heavy atom. The van der Waals surface area contributed by atoms with Gasteiger partial charge >= 0.3 is 0 Å². The van der Waals surface area contributed by atoms with Gasteiger partial charge in [0.2, 0.25) is 11.8 Å². The third kappa shape index (κ3) is 3.71. The van der Waals surface area contributed by atoms with Gasteiger partial charge in [0.1, 0.15) is 6.04 Å². The third-order valence-corrected chi connectivity index (χ3v) is 4.14. The molecular weight excluding hydrogens is 312 g/mol. The van der Waals surface area contributed by atoms with Crippen LogP contribution in [0.25, 0.3) is 0 Å². The van der Waals surface area contributed by atoms with E-state index in [9.17, 15) is 9.59 Å². The maximum atomic E-state index is 12.4. The molecule has 1 aliphatic rings. The van der Waals surface area contributed by atoms with E-state index in [1.807, 2.05) is 42.5 Å². The van der Waals surface area contributed by atoms with Crippen LogP contribution in [0.2, 0.25) is 5.02 Å². The predicted octanol–water partition coefficient (Wildman–Crippen LogP) is 2.80. The molecule has 1 saturated heterocycles. The molecular formula is C18H17ClN2O2. The number of carbonyl (C=O) groups excluding carboxylic acids is 2. The highest BCUT2D eigenvalue weighted by atomic mass is 35.5. The van der Waals surface area contributed by atoms with Crippen LogP contribution in [0.4, 0.5) is 5.69 Å². The van der Waals surface area contributed by atoms with Crippen molar-refractivity contribution in [3.8, 4) is 0 Å². The lowest BCUT2D eigenvalue weighted by atomic mass is 10.1. The van der Waals surface area contributed by atoms with Crippen molar-refractivity contribution in [3.63, 3.8) is 0 Å². The van der Waals surface area contributed by atoms with E-state index in [1.165, 1.54) is 0 Å². The Hall–Kier alpha value is -2.33. The number of nitrogens with one attached hydrogen (secondary N) is 1. The van der Waals surface area contributed by atoms with Crippen molar-refractivity contribution in [1.82, 2.24) is 5.32 Å². The Balaban J connectivity index is 1.59. The molecule has 1 aliphatic heterocycles. The fourth-order valence-corrected chi connectivity index (χ4v) is 2.84. The number of benzene rings is 2. The number of anilines is 1. The molecule has 2 amide bonds. The molecule has 1 heterocycles. The summed E-state index contributed by atoms with van der Waals surface area (Å²) >= 11 is 5.83. The largest absolute Gasteiger partial charge is 0.344 e. The highest BCUT2D eigenvalue weighted by Gasteiger charge is 2.33. The van der Waals surface area contributed by atoms with Crippen molar-refractivity contribution in [1.29, 1.82) is 0 Å². The quantitative estimate of drug-likeness (QED) is 0.938. The van der Waals surface area contributed by atoms with E-state index in [-0.39, 0.29) is 18.2 Å². The van der Waals surface area contributed by atoms with Gasteiger partial charge in [-0.15, -0.1) is 0 Å². The second kappa shape index (κ2) is 6.84. The Morgan fingerprint density at radius 1 is 1.13 bits per heavy atom. The first-order valence-corrected chi connectivity index (χ1v) is 7.91. The van der Waals surface area contributed by atoms with Crippen molar-refractivity contribution in [2.75, 3.05) is 11.4 Å². The van der Waals surface area contributed by atoms with Gasteiger partial charge in [-0.2, -0.15) is 0 Å². The number of nitrogens with zero attached hydrogens (tertiary/aromatic N) is 1. The molecule has 0 aromatic heterocycles. The fourth-order valence-electron chi connectivity index (χ4n) is 2.71. The summed E-state index contributed by atoms with van der Waals surface area (Å²) in [5.74, 6) is -0.207. The highest BCUT2D eigenvalue weighted by Crippen LogP contribution is 2.21. The lowest BCUT2D eigenvalue weighted by Gasteiger charge is -2.17. The minimum atomic E-state index is -0.449. The molecule has 1 unspecified atom stereocenters. The molecule has 1 atom stereocenters. The summed E-state index contributed by atoms with van der Waals surface area (Å²) in [5.41, 5.74) is 1.74. The summed E-state index contributed by atoms with van der Waals surface area (Å²) in [5, 5.41) is 3.47. The second-order valence-electron chi connectivity index (χ2n) is 5.54. The van der Waals surface area contributed by atoms with Crippen LogP contribution >= 0.6 is 11.6 Å². The first kappa shape index (κ1) is 15.6. The molecule has 4 nitrogen and oxygen atoms in total. The summed E-state index contributed by atoms with van der Waals surface area (Å²) in [7, 11) is 0. The summed E-state index contributed by atoms with van der Waals surface area (Å²) in [6.07, 6.45) is 0.867. The zero-order valence-electron chi connectivity index (χ0n) is 12.5. The van der Waals surface area contributed by atoms with Crippen LogP contribution in [0.1, 0.15) is 12.0 Å². The molecule has 0 saturated carbocycles. The smallest absolute Gasteiger partial charge is 0.249 e. The highest BCUT2D eigenvalue weighted by molar-refractivity contribution is 6.30. The van der Waals surface area contributed by atoms with Gasteiger partial charge < -0.3 is 10.2 Å². The maximum Gasteiger partial charge on any atom is 0.249 e. The molecule has 0 aliphatic carbocycles. The number of halogens is 1. The summed E-state index contributed by atoms with van der Waals surface area (Å²) in [6.45, 7) is 0.620. The molecule has 2 aromatic carbocycles. The zero-order chi connectivity index (χ0) is 16.2. The van der Waals surface area contributed by atoms with Crippen molar-refractivity contribution in [2.45, 2.75) is 18.9 Å². The Labute approximate surface area is 140 Å². The molecule has 0 radical (unpaired) electrons. The van der Waals surface area contributed by atoms with E-state index in [2.05, 4.69) is 5.32 Å². The molecule has 1 fully saturated rings. The Kier molecular flexibility index (Phi) is 4.63. The van der Waals surface area contributed by atoms with E-state index in [0.717, 1.165) is 11.3 Å². The van der Waals surface area contributed by atoms with Gasteiger partial charge in [-0.3, -0.25) is 9.59 Å². The normalized spacial score (nSPS) is 17.3. The van der Waals surface area contributed by atoms with E-state index in [4.69, 9.17) is 11.6 Å². The topological polar surface area (TPSA) is 49.4 Å². The van der Waals surface area contributed by atoms with Crippen molar-refractivity contribution in [2.24, 2.45) is 0 Å². The molecule has 23 heavy (non-hydrogen) atoms. The third-order valence-electron chi connectivity index (χ3n) is 3.89. The van der Waals surface area contributed by atoms with E-state index in [1.54, 1.807) is 17.0 Å². The number of hydrogen-bond donors (Lipinski definition) is 1. The average Bonchev–Trinajstić information content (AvgIpc) is 2.91. The summed E-state index contributed by atoms with van der Waals surface area (Å²) < 4.78 is 0.